The molecule has 0 atom stereocenters. The number of carbonyl (C=O) groups is 2. The van der Waals surface area contributed by atoms with E-state index in [9.17, 15) is 9.59 Å². The van der Waals surface area contributed by atoms with Crippen molar-refractivity contribution >= 4 is 11.8 Å². The molecule has 2 N–H and O–H groups in total. The first-order valence-electron chi connectivity index (χ1n) is 9.33. The Hall–Kier alpha value is -1.06. The first-order valence-corrected chi connectivity index (χ1v) is 9.33. The molecule has 4 heteroatoms. The first-order chi connectivity index (χ1) is 10.7. The van der Waals surface area contributed by atoms with Gasteiger partial charge in [0.05, 0.1) is 0 Å². The number of amides is 2. The molecule has 126 valence electrons. The molecule has 2 fully saturated rings. The van der Waals surface area contributed by atoms with E-state index in [1.165, 1.54) is 38.5 Å². The van der Waals surface area contributed by atoms with Gasteiger partial charge in [0.2, 0.25) is 11.8 Å². The van der Waals surface area contributed by atoms with Crippen molar-refractivity contribution in [2.24, 2.45) is 0 Å². The van der Waals surface area contributed by atoms with Crippen LogP contribution in [0.2, 0.25) is 0 Å². The topological polar surface area (TPSA) is 58.2 Å². The van der Waals surface area contributed by atoms with Gasteiger partial charge in [0.1, 0.15) is 0 Å². The predicted molar refractivity (Wildman–Crippen MR) is 88.5 cm³/mol. The summed E-state index contributed by atoms with van der Waals surface area (Å²) in [6.07, 6.45) is 14.9. The van der Waals surface area contributed by atoms with E-state index in [1.807, 2.05) is 0 Å². The lowest BCUT2D eigenvalue weighted by atomic mass is 9.95. The molecule has 0 aromatic carbocycles. The SMILES string of the molecule is O=C(CCCCC(=O)NC1CCCCC1)NC1CCCCC1. The van der Waals surface area contributed by atoms with Crippen LogP contribution in [0.15, 0.2) is 0 Å². The second-order valence-electron chi connectivity index (χ2n) is 7.01. The Balaban J connectivity index is 1.48. The maximum atomic E-state index is 11.9. The average Bonchev–Trinajstić information content (AvgIpc) is 2.53. The highest BCUT2D eigenvalue weighted by Crippen LogP contribution is 2.18. The monoisotopic (exact) mass is 308 g/mol. The second kappa shape index (κ2) is 9.86. The van der Waals surface area contributed by atoms with Crippen molar-refractivity contribution in [1.82, 2.24) is 10.6 Å². The Bertz CT molecular complexity index is 311. The van der Waals surface area contributed by atoms with Crippen LogP contribution in [-0.4, -0.2) is 23.9 Å². The summed E-state index contributed by atoms with van der Waals surface area (Å²) in [4.78, 5) is 23.7. The number of nitrogens with one attached hydrogen (secondary N) is 2. The van der Waals surface area contributed by atoms with E-state index in [1.54, 1.807) is 0 Å². The molecule has 4 nitrogen and oxygen atoms in total. The van der Waals surface area contributed by atoms with Crippen molar-refractivity contribution in [3.63, 3.8) is 0 Å². The Morgan fingerprint density at radius 3 is 1.36 bits per heavy atom. The zero-order valence-electron chi connectivity index (χ0n) is 13.9. The summed E-state index contributed by atoms with van der Waals surface area (Å²) in [5, 5.41) is 6.27. The van der Waals surface area contributed by atoms with E-state index in [4.69, 9.17) is 0 Å². The van der Waals surface area contributed by atoms with Crippen molar-refractivity contribution in [2.75, 3.05) is 0 Å². The molecular formula is C18H32N2O2. The van der Waals surface area contributed by atoms with Crippen LogP contribution >= 0.6 is 0 Å². The van der Waals surface area contributed by atoms with Gasteiger partial charge in [-0.3, -0.25) is 9.59 Å². The van der Waals surface area contributed by atoms with Crippen molar-refractivity contribution < 1.29 is 9.59 Å². The molecule has 0 heterocycles. The molecular weight excluding hydrogens is 276 g/mol. The highest BCUT2D eigenvalue weighted by molar-refractivity contribution is 5.77. The van der Waals surface area contributed by atoms with E-state index < -0.39 is 0 Å². The van der Waals surface area contributed by atoms with Gasteiger partial charge in [-0.1, -0.05) is 38.5 Å². The molecule has 0 saturated heterocycles. The molecule has 2 aliphatic carbocycles. The summed E-state index contributed by atoms with van der Waals surface area (Å²) in [5.74, 6) is 0.333. The lowest BCUT2D eigenvalue weighted by molar-refractivity contribution is -0.124. The first kappa shape index (κ1) is 17.3. The van der Waals surface area contributed by atoms with Crippen molar-refractivity contribution in [1.29, 1.82) is 0 Å². The van der Waals surface area contributed by atoms with Crippen LogP contribution in [0.3, 0.4) is 0 Å². The molecule has 2 rings (SSSR count). The molecule has 0 spiro atoms. The third-order valence-corrected chi connectivity index (χ3v) is 5.00. The largest absolute Gasteiger partial charge is 0.353 e. The van der Waals surface area contributed by atoms with Gasteiger partial charge in [0.25, 0.3) is 0 Å². The van der Waals surface area contributed by atoms with Crippen LogP contribution in [-0.2, 0) is 9.59 Å². The van der Waals surface area contributed by atoms with Gasteiger partial charge in [-0.05, 0) is 38.5 Å². The summed E-state index contributed by atoms with van der Waals surface area (Å²) in [7, 11) is 0. The fourth-order valence-corrected chi connectivity index (χ4v) is 3.66. The molecule has 2 saturated carbocycles. The number of hydrogen-bond donors (Lipinski definition) is 2. The second-order valence-corrected chi connectivity index (χ2v) is 7.01. The van der Waals surface area contributed by atoms with Gasteiger partial charge < -0.3 is 10.6 Å². The molecule has 0 aromatic rings. The van der Waals surface area contributed by atoms with Crippen molar-refractivity contribution in [3.05, 3.63) is 0 Å². The Morgan fingerprint density at radius 1 is 0.636 bits per heavy atom. The lowest BCUT2D eigenvalue weighted by Gasteiger charge is -2.23. The van der Waals surface area contributed by atoms with Crippen LogP contribution in [0.5, 0.6) is 0 Å². The standard InChI is InChI=1S/C18H32N2O2/c21-17(19-15-9-3-1-4-10-15)13-7-8-14-18(22)20-16-11-5-2-6-12-16/h15-16H,1-14H2,(H,19,21)(H,20,22). The normalized spacial score (nSPS) is 20.5. The van der Waals surface area contributed by atoms with E-state index in [0.717, 1.165) is 38.5 Å². The highest BCUT2D eigenvalue weighted by atomic mass is 16.2. The summed E-state index contributed by atoms with van der Waals surface area (Å²) in [6.45, 7) is 0. The third-order valence-electron chi connectivity index (χ3n) is 5.00. The van der Waals surface area contributed by atoms with Crippen LogP contribution < -0.4 is 10.6 Å². The molecule has 0 aromatic heterocycles. The molecule has 0 aliphatic heterocycles. The Morgan fingerprint density at radius 2 is 1.00 bits per heavy atom. The van der Waals surface area contributed by atoms with E-state index in [-0.39, 0.29) is 11.8 Å². The van der Waals surface area contributed by atoms with Crippen molar-refractivity contribution in [2.45, 2.75) is 102 Å². The van der Waals surface area contributed by atoms with Crippen molar-refractivity contribution in [3.8, 4) is 0 Å². The van der Waals surface area contributed by atoms with Crippen LogP contribution in [0.1, 0.15) is 89.9 Å². The molecule has 22 heavy (non-hydrogen) atoms. The number of unbranched alkanes of at least 4 members (excludes halogenated alkanes) is 1. The molecule has 0 unspecified atom stereocenters. The zero-order chi connectivity index (χ0) is 15.6. The lowest BCUT2D eigenvalue weighted by Crippen LogP contribution is -2.36. The summed E-state index contributed by atoms with van der Waals surface area (Å²) < 4.78 is 0. The minimum atomic E-state index is 0.166. The molecule has 2 amide bonds. The van der Waals surface area contributed by atoms with Gasteiger partial charge in [-0.2, -0.15) is 0 Å². The summed E-state index contributed by atoms with van der Waals surface area (Å²) in [6, 6.07) is 0.798. The van der Waals surface area contributed by atoms with Gasteiger partial charge in [-0.15, -0.1) is 0 Å². The fraction of sp³-hybridized carbons (Fsp3) is 0.889. The minimum Gasteiger partial charge on any atom is -0.353 e. The maximum Gasteiger partial charge on any atom is 0.220 e. The zero-order valence-corrected chi connectivity index (χ0v) is 13.9. The Labute approximate surface area is 134 Å². The van der Waals surface area contributed by atoms with Crippen LogP contribution in [0, 0.1) is 0 Å². The number of hydrogen-bond acceptors (Lipinski definition) is 2. The van der Waals surface area contributed by atoms with Gasteiger partial charge in [-0.25, -0.2) is 0 Å². The fourth-order valence-electron chi connectivity index (χ4n) is 3.66. The number of carbonyl (C=O) groups excluding carboxylic acids is 2. The number of rotatable bonds is 7. The van der Waals surface area contributed by atoms with Gasteiger partial charge in [0.15, 0.2) is 0 Å². The predicted octanol–water partition coefficient (Wildman–Crippen LogP) is 3.44. The van der Waals surface area contributed by atoms with E-state index in [2.05, 4.69) is 10.6 Å². The average molecular weight is 308 g/mol. The smallest absolute Gasteiger partial charge is 0.220 e. The quantitative estimate of drug-likeness (QED) is 0.708. The summed E-state index contributed by atoms with van der Waals surface area (Å²) >= 11 is 0. The van der Waals surface area contributed by atoms with Crippen LogP contribution in [0.4, 0.5) is 0 Å². The van der Waals surface area contributed by atoms with E-state index in [0.29, 0.717) is 24.9 Å². The maximum absolute atomic E-state index is 11.9. The summed E-state index contributed by atoms with van der Waals surface area (Å²) in [5.41, 5.74) is 0. The van der Waals surface area contributed by atoms with Gasteiger partial charge in [0, 0.05) is 24.9 Å². The molecule has 0 bridgehead atoms. The third kappa shape index (κ3) is 6.80. The van der Waals surface area contributed by atoms with Crippen LogP contribution in [0.25, 0.3) is 0 Å². The molecule has 0 radical (unpaired) electrons. The minimum absolute atomic E-state index is 0.166. The molecule has 2 aliphatic rings. The van der Waals surface area contributed by atoms with Gasteiger partial charge >= 0.3 is 0 Å². The Kier molecular flexibility index (Phi) is 7.75. The highest BCUT2D eigenvalue weighted by Gasteiger charge is 2.16. The van der Waals surface area contributed by atoms with E-state index >= 15 is 0 Å².